The molecule has 1 aliphatic carbocycles. The van der Waals surface area contributed by atoms with E-state index in [0.717, 1.165) is 17.1 Å². The first-order chi connectivity index (χ1) is 26.0. The highest BCUT2D eigenvalue weighted by Gasteiger charge is 2.36. The lowest BCUT2D eigenvalue weighted by atomic mass is 9.82. The molecule has 0 N–H and O–H groups in total. The van der Waals surface area contributed by atoms with Gasteiger partial charge in [0.15, 0.2) is 0 Å². The molecule has 8 aromatic carbocycles. The smallest absolute Gasteiger partial charge is 0.0544 e. The highest BCUT2D eigenvalue weighted by atomic mass is 15.1. The summed E-state index contributed by atoms with van der Waals surface area (Å²) in [7, 11) is 0. The minimum Gasteiger partial charge on any atom is -0.310 e. The van der Waals surface area contributed by atoms with Crippen molar-refractivity contribution in [2.45, 2.75) is 19.3 Å². The van der Waals surface area contributed by atoms with Crippen LogP contribution < -0.4 is 4.90 Å². The van der Waals surface area contributed by atoms with Gasteiger partial charge in [-0.2, -0.15) is 0 Å². The number of rotatable bonds is 6. The van der Waals surface area contributed by atoms with Crippen molar-refractivity contribution < 1.29 is 0 Å². The van der Waals surface area contributed by atoms with Crippen molar-refractivity contribution in [1.82, 2.24) is 4.57 Å². The number of para-hydroxylation sites is 2. The van der Waals surface area contributed by atoms with Crippen LogP contribution in [0.2, 0.25) is 0 Å². The van der Waals surface area contributed by atoms with Crippen LogP contribution in [-0.2, 0) is 5.41 Å². The van der Waals surface area contributed by atoms with Crippen molar-refractivity contribution in [2.75, 3.05) is 4.90 Å². The van der Waals surface area contributed by atoms with Crippen LogP contribution in [0.5, 0.6) is 0 Å². The largest absolute Gasteiger partial charge is 0.310 e. The lowest BCUT2D eigenvalue weighted by molar-refractivity contribution is 0.661. The lowest BCUT2D eigenvalue weighted by Gasteiger charge is -2.26. The first kappa shape index (κ1) is 31.1. The summed E-state index contributed by atoms with van der Waals surface area (Å²) in [5.41, 5.74) is 17.2. The molecule has 0 aliphatic heterocycles. The average molecular weight is 679 g/mol. The van der Waals surface area contributed by atoms with Crippen molar-refractivity contribution in [1.29, 1.82) is 0 Å². The number of hydrogen-bond donors (Lipinski definition) is 0. The first-order valence-electron chi connectivity index (χ1n) is 18.4. The number of fused-ring (bicyclic) bond motifs is 6. The molecule has 0 fully saturated rings. The van der Waals surface area contributed by atoms with Crippen LogP contribution in [0.1, 0.15) is 25.0 Å². The van der Waals surface area contributed by atoms with Gasteiger partial charge in [-0.05, 0) is 117 Å². The number of aromatic nitrogens is 1. The Balaban J connectivity index is 1.10. The average Bonchev–Trinajstić information content (AvgIpc) is 3.66. The minimum atomic E-state index is -0.0680. The Bertz CT molecular complexity index is 2780. The quantitative estimate of drug-likeness (QED) is 0.170. The van der Waals surface area contributed by atoms with E-state index in [1.54, 1.807) is 0 Å². The Kier molecular flexibility index (Phi) is 7.19. The molecular formula is C51H38N2. The fraction of sp³-hybridized carbons (Fsp3) is 0.0588. The summed E-state index contributed by atoms with van der Waals surface area (Å²) < 4.78 is 2.44. The van der Waals surface area contributed by atoms with Gasteiger partial charge in [-0.15, -0.1) is 0 Å². The fourth-order valence-electron chi connectivity index (χ4n) is 8.53. The third-order valence-corrected chi connectivity index (χ3v) is 11.2. The third-order valence-electron chi connectivity index (χ3n) is 11.2. The molecule has 252 valence electrons. The maximum atomic E-state index is 2.46. The second-order valence-corrected chi connectivity index (χ2v) is 14.6. The highest BCUT2D eigenvalue weighted by Crippen LogP contribution is 2.51. The van der Waals surface area contributed by atoms with E-state index < -0.39 is 0 Å². The zero-order chi connectivity index (χ0) is 35.5. The van der Waals surface area contributed by atoms with Crippen molar-refractivity contribution in [2.24, 2.45) is 0 Å². The van der Waals surface area contributed by atoms with Gasteiger partial charge < -0.3 is 9.47 Å². The van der Waals surface area contributed by atoms with Crippen LogP contribution in [0.3, 0.4) is 0 Å². The Morgan fingerprint density at radius 3 is 1.72 bits per heavy atom. The summed E-state index contributed by atoms with van der Waals surface area (Å²) in [6.07, 6.45) is 0. The maximum absolute atomic E-state index is 2.46. The van der Waals surface area contributed by atoms with Crippen molar-refractivity contribution in [3.05, 3.63) is 205 Å². The van der Waals surface area contributed by atoms with E-state index in [9.17, 15) is 0 Å². The van der Waals surface area contributed by atoms with Crippen molar-refractivity contribution in [3.8, 4) is 39.1 Å². The lowest BCUT2D eigenvalue weighted by Crippen LogP contribution is -2.14. The van der Waals surface area contributed by atoms with Gasteiger partial charge in [0.1, 0.15) is 0 Å². The van der Waals surface area contributed by atoms with Gasteiger partial charge in [0.05, 0.1) is 11.0 Å². The van der Waals surface area contributed by atoms with E-state index >= 15 is 0 Å². The normalized spacial score (nSPS) is 12.9. The molecule has 0 amide bonds. The zero-order valence-electron chi connectivity index (χ0n) is 29.9. The Morgan fingerprint density at radius 1 is 0.377 bits per heavy atom. The van der Waals surface area contributed by atoms with Gasteiger partial charge in [0, 0.05) is 38.9 Å². The molecule has 1 aromatic heterocycles. The molecule has 9 aromatic rings. The molecule has 10 rings (SSSR count). The van der Waals surface area contributed by atoms with Gasteiger partial charge in [0.2, 0.25) is 0 Å². The van der Waals surface area contributed by atoms with E-state index in [2.05, 4.69) is 217 Å². The molecule has 1 heterocycles. The number of anilines is 3. The van der Waals surface area contributed by atoms with Crippen molar-refractivity contribution >= 4 is 38.9 Å². The van der Waals surface area contributed by atoms with Gasteiger partial charge in [0.25, 0.3) is 0 Å². The summed E-state index contributed by atoms with van der Waals surface area (Å²) in [5.74, 6) is 0. The van der Waals surface area contributed by atoms with E-state index in [-0.39, 0.29) is 5.41 Å². The Hall–Kier alpha value is -6.64. The van der Waals surface area contributed by atoms with Crippen LogP contribution in [-0.4, -0.2) is 4.57 Å². The Morgan fingerprint density at radius 2 is 0.943 bits per heavy atom. The SMILES string of the molecule is CC1(C)c2ccccc2-c2cc3c4cc(-c5ccc(N(c6ccccc6)c6cccc(-c7ccccc7)c6)cc5)ccc4n(-c4ccccc4)c3cc21. The molecule has 1 aliphatic rings. The molecule has 0 bridgehead atoms. The molecule has 2 nitrogen and oxygen atoms in total. The second-order valence-electron chi connectivity index (χ2n) is 14.6. The molecular weight excluding hydrogens is 641 g/mol. The fourth-order valence-corrected chi connectivity index (χ4v) is 8.53. The second kappa shape index (κ2) is 12.3. The van der Waals surface area contributed by atoms with Gasteiger partial charge in [-0.1, -0.05) is 135 Å². The van der Waals surface area contributed by atoms with Crippen molar-refractivity contribution in [3.63, 3.8) is 0 Å². The monoisotopic (exact) mass is 678 g/mol. The van der Waals surface area contributed by atoms with E-state index in [1.807, 2.05) is 0 Å². The molecule has 0 saturated carbocycles. The van der Waals surface area contributed by atoms with E-state index in [1.165, 1.54) is 72.0 Å². The first-order valence-corrected chi connectivity index (χ1v) is 18.4. The molecule has 0 spiro atoms. The van der Waals surface area contributed by atoms with Crippen LogP contribution in [0.4, 0.5) is 17.1 Å². The summed E-state index contributed by atoms with van der Waals surface area (Å²) >= 11 is 0. The minimum absolute atomic E-state index is 0.0680. The van der Waals surface area contributed by atoms with E-state index in [4.69, 9.17) is 0 Å². The molecule has 0 saturated heterocycles. The predicted molar refractivity (Wildman–Crippen MR) is 224 cm³/mol. The third kappa shape index (κ3) is 5.10. The topological polar surface area (TPSA) is 8.17 Å². The summed E-state index contributed by atoms with van der Waals surface area (Å²) in [4.78, 5) is 2.34. The maximum Gasteiger partial charge on any atom is 0.0544 e. The van der Waals surface area contributed by atoms with Gasteiger partial charge in [-0.25, -0.2) is 0 Å². The Labute approximate surface area is 310 Å². The predicted octanol–water partition coefficient (Wildman–Crippen LogP) is 13.9. The highest BCUT2D eigenvalue weighted by molar-refractivity contribution is 6.12. The van der Waals surface area contributed by atoms with Crippen LogP contribution in [0.15, 0.2) is 194 Å². The molecule has 0 radical (unpaired) electrons. The molecule has 0 unspecified atom stereocenters. The van der Waals surface area contributed by atoms with Crippen LogP contribution in [0, 0.1) is 0 Å². The summed E-state index contributed by atoms with van der Waals surface area (Å²) in [6, 6.07) is 70.7. The van der Waals surface area contributed by atoms with Gasteiger partial charge in [-0.3, -0.25) is 0 Å². The zero-order valence-corrected chi connectivity index (χ0v) is 29.9. The summed E-state index contributed by atoms with van der Waals surface area (Å²) in [5, 5.41) is 2.54. The van der Waals surface area contributed by atoms with Crippen LogP contribution in [0.25, 0.3) is 60.9 Å². The summed E-state index contributed by atoms with van der Waals surface area (Å²) in [6.45, 7) is 4.72. The number of hydrogen-bond acceptors (Lipinski definition) is 1. The van der Waals surface area contributed by atoms with Gasteiger partial charge >= 0.3 is 0 Å². The molecule has 53 heavy (non-hydrogen) atoms. The molecule has 0 atom stereocenters. The van der Waals surface area contributed by atoms with E-state index in [0.29, 0.717) is 0 Å². The standard InChI is InChI=1S/C51H38N2/c1-51(2)47-24-13-12-23-43(47)44-33-46-45-32-38(27-30-49(45)53(50(46)34-48(44)51)40-20-10-5-11-21-40)36-25-28-41(29-26-36)52(39-18-8-4-9-19-39)42-22-14-17-37(31-42)35-15-6-3-7-16-35/h3-34H,1-2H3. The van der Waals surface area contributed by atoms with Crippen LogP contribution >= 0.6 is 0 Å². The molecule has 2 heteroatoms. The number of nitrogens with zero attached hydrogens (tertiary/aromatic N) is 2. The number of benzene rings is 8.